The highest BCUT2D eigenvalue weighted by Gasteiger charge is 2.24. The van der Waals surface area contributed by atoms with E-state index >= 15 is 0 Å². The van der Waals surface area contributed by atoms with Crippen LogP contribution in [0.5, 0.6) is 0 Å². The van der Waals surface area contributed by atoms with Crippen molar-refractivity contribution in [3.05, 3.63) is 0 Å². The Morgan fingerprint density at radius 1 is 1.41 bits per heavy atom. The van der Waals surface area contributed by atoms with Gasteiger partial charge in [0.2, 0.25) is 11.8 Å². The first-order valence-corrected chi connectivity index (χ1v) is 5.87. The molecule has 100 valence electrons. The second kappa shape index (κ2) is 7.50. The van der Waals surface area contributed by atoms with E-state index < -0.39 is 6.04 Å². The van der Waals surface area contributed by atoms with Crippen LogP contribution in [0.3, 0.4) is 0 Å². The molecule has 1 rings (SSSR count). The fourth-order valence-corrected chi connectivity index (χ4v) is 1.30. The number of carbonyl (C=O) groups excluding carboxylic acids is 2. The maximum atomic E-state index is 11.5. The van der Waals surface area contributed by atoms with Crippen LogP contribution in [0.4, 0.5) is 0 Å². The summed E-state index contributed by atoms with van der Waals surface area (Å²) in [6.07, 6.45) is 2.95. The normalized spacial score (nSPS) is 17.6. The highest BCUT2D eigenvalue weighted by molar-refractivity contribution is 5.87. The zero-order valence-electron chi connectivity index (χ0n) is 10.4. The molecule has 0 bridgehead atoms. The van der Waals surface area contributed by atoms with Crippen molar-refractivity contribution in [3.63, 3.8) is 0 Å². The van der Waals surface area contributed by atoms with Crippen LogP contribution < -0.4 is 16.4 Å². The number of carbonyl (C=O) groups is 2. The van der Waals surface area contributed by atoms with Gasteiger partial charge in [-0.2, -0.15) is 0 Å². The van der Waals surface area contributed by atoms with Gasteiger partial charge in [-0.05, 0) is 18.8 Å². The first kappa shape index (κ1) is 16.2. The van der Waals surface area contributed by atoms with Gasteiger partial charge < -0.3 is 16.4 Å². The van der Waals surface area contributed by atoms with Crippen LogP contribution in [0.15, 0.2) is 0 Å². The van der Waals surface area contributed by atoms with Crippen LogP contribution in [0.25, 0.3) is 0 Å². The molecule has 2 amide bonds. The molecule has 6 heteroatoms. The molecule has 1 saturated carbocycles. The van der Waals surface area contributed by atoms with Gasteiger partial charge in [0.05, 0.1) is 12.6 Å². The van der Waals surface area contributed by atoms with Gasteiger partial charge in [0, 0.05) is 6.04 Å². The lowest BCUT2D eigenvalue weighted by atomic mass is 9.99. The third kappa shape index (κ3) is 5.89. The van der Waals surface area contributed by atoms with Crippen molar-refractivity contribution in [3.8, 4) is 0 Å². The second-order valence-electron chi connectivity index (χ2n) is 4.47. The van der Waals surface area contributed by atoms with Crippen LogP contribution in [0.2, 0.25) is 0 Å². The topological polar surface area (TPSA) is 84.2 Å². The van der Waals surface area contributed by atoms with Gasteiger partial charge in [0.15, 0.2) is 0 Å². The fraction of sp³-hybridized carbons (Fsp3) is 0.818. The summed E-state index contributed by atoms with van der Waals surface area (Å²) < 4.78 is 0. The molecule has 0 radical (unpaired) electrons. The highest BCUT2D eigenvalue weighted by Crippen LogP contribution is 2.18. The molecule has 0 heterocycles. The predicted molar refractivity (Wildman–Crippen MR) is 68.9 cm³/mol. The lowest BCUT2D eigenvalue weighted by molar-refractivity contribution is -0.127. The zero-order chi connectivity index (χ0) is 12.1. The third-order valence-electron chi connectivity index (χ3n) is 2.93. The van der Waals surface area contributed by atoms with E-state index in [2.05, 4.69) is 10.6 Å². The standard InChI is InChI=1S/C11H21N3O2.ClH/c1-3-7(2)10(12)11(16)13-6-9(15)14-8-4-5-8;/h7-8,10H,3-6,12H2,1-2H3,(H,13,16)(H,14,15);1H. The lowest BCUT2D eigenvalue weighted by Crippen LogP contribution is -2.47. The van der Waals surface area contributed by atoms with Crippen LogP contribution in [0, 0.1) is 5.92 Å². The van der Waals surface area contributed by atoms with E-state index in [0.29, 0.717) is 6.04 Å². The second-order valence-corrected chi connectivity index (χ2v) is 4.47. The molecule has 17 heavy (non-hydrogen) atoms. The van der Waals surface area contributed by atoms with Gasteiger partial charge >= 0.3 is 0 Å². The molecular weight excluding hydrogens is 242 g/mol. The summed E-state index contributed by atoms with van der Waals surface area (Å²) in [5.41, 5.74) is 5.73. The molecule has 1 fully saturated rings. The maximum absolute atomic E-state index is 11.5. The molecule has 2 atom stereocenters. The van der Waals surface area contributed by atoms with Gasteiger partial charge in [-0.3, -0.25) is 9.59 Å². The number of nitrogens with two attached hydrogens (primary N) is 1. The van der Waals surface area contributed by atoms with E-state index in [-0.39, 0.29) is 36.7 Å². The van der Waals surface area contributed by atoms with Crippen molar-refractivity contribution >= 4 is 24.2 Å². The van der Waals surface area contributed by atoms with Crippen molar-refractivity contribution in [2.45, 2.75) is 45.2 Å². The molecule has 0 aromatic carbocycles. The summed E-state index contributed by atoms with van der Waals surface area (Å²) in [7, 11) is 0. The molecule has 5 nitrogen and oxygen atoms in total. The predicted octanol–water partition coefficient (Wildman–Crippen LogP) is 0.176. The molecule has 0 saturated heterocycles. The Labute approximate surface area is 108 Å². The van der Waals surface area contributed by atoms with Gasteiger partial charge in [-0.15, -0.1) is 12.4 Å². The Morgan fingerprint density at radius 2 is 2.00 bits per heavy atom. The van der Waals surface area contributed by atoms with Crippen LogP contribution in [-0.2, 0) is 9.59 Å². The summed E-state index contributed by atoms with van der Waals surface area (Å²) in [6, 6.07) is -0.202. The zero-order valence-corrected chi connectivity index (χ0v) is 11.2. The molecular formula is C11H22ClN3O2. The molecule has 1 aliphatic rings. The average molecular weight is 264 g/mol. The molecule has 0 aliphatic heterocycles. The van der Waals surface area contributed by atoms with Gasteiger partial charge in [0.25, 0.3) is 0 Å². The average Bonchev–Trinajstić information content (AvgIpc) is 3.07. The number of rotatable bonds is 6. The summed E-state index contributed by atoms with van der Waals surface area (Å²) in [5, 5.41) is 5.35. The van der Waals surface area contributed by atoms with E-state index in [0.717, 1.165) is 19.3 Å². The summed E-state index contributed by atoms with van der Waals surface area (Å²) >= 11 is 0. The fourth-order valence-electron chi connectivity index (χ4n) is 1.30. The Kier molecular flexibility index (Phi) is 7.15. The number of amides is 2. The van der Waals surface area contributed by atoms with Gasteiger partial charge in [-0.25, -0.2) is 0 Å². The van der Waals surface area contributed by atoms with Crippen LogP contribution in [-0.4, -0.2) is 30.4 Å². The first-order chi connectivity index (χ1) is 7.54. The van der Waals surface area contributed by atoms with Crippen LogP contribution in [0.1, 0.15) is 33.1 Å². The number of nitrogens with one attached hydrogen (secondary N) is 2. The summed E-state index contributed by atoms with van der Waals surface area (Å²) in [4.78, 5) is 22.8. The van der Waals surface area contributed by atoms with E-state index in [1.807, 2.05) is 13.8 Å². The number of hydrogen-bond acceptors (Lipinski definition) is 3. The van der Waals surface area contributed by atoms with Gasteiger partial charge in [-0.1, -0.05) is 20.3 Å². The van der Waals surface area contributed by atoms with Crippen molar-refractivity contribution < 1.29 is 9.59 Å². The molecule has 2 unspecified atom stereocenters. The van der Waals surface area contributed by atoms with Crippen molar-refractivity contribution in [2.75, 3.05) is 6.54 Å². The van der Waals surface area contributed by atoms with Crippen molar-refractivity contribution in [1.29, 1.82) is 0 Å². The van der Waals surface area contributed by atoms with E-state index in [9.17, 15) is 9.59 Å². The number of hydrogen-bond donors (Lipinski definition) is 3. The molecule has 1 aliphatic carbocycles. The van der Waals surface area contributed by atoms with Crippen molar-refractivity contribution in [1.82, 2.24) is 10.6 Å². The SMILES string of the molecule is CCC(C)C(N)C(=O)NCC(=O)NC1CC1.Cl. The van der Waals surface area contributed by atoms with E-state index in [1.165, 1.54) is 0 Å². The maximum Gasteiger partial charge on any atom is 0.239 e. The highest BCUT2D eigenvalue weighted by atomic mass is 35.5. The summed E-state index contributed by atoms with van der Waals surface area (Å²) in [6.45, 7) is 3.94. The largest absolute Gasteiger partial charge is 0.352 e. The smallest absolute Gasteiger partial charge is 0.239 e. The van der Waals surface area contributed by atoms with E-state index in [4.69, 9.17) is 5.73 Å². The quantitative estimate of drug-likeness (QED) is 0.639. The monoisotopic (exact) mass is 263 g/mol. The minimum Gasteiger partial charge on any atom is -0.352 e. The molecule has 4 N–H and O–H groups in total. The Balaban J connectivity index is 0.00000256. The molecule has 0 aromatic rings. The number of halogens is 1. The Bertz CT molecular complexity index is 269. The summed E-state index contributed by atoms with van der Waals surface area (Å²) in [5.74, 6) is -0.251. The Morgan fingerprint density at radius 3 is 2.47 bits per heavy atom. The molecule has 0 spiro atoms. The minimum atomic E-state index is -0.529. The first-order valence-electron chi connectivity index (χ1n) is 5.87. The van der Waals surface area contributed by atoms with Gasteiger partial charge in [0.1, 0.15) is 0 Å². The third-order valence-corrected chi connectivity index (χ3v) is 2.93. The molecule has 0 aromatic heterocycles. The Hall–Kier alpha value is -0.810. The van der Waals surface area contributed by atoms with Crippen molar-refractivity contribution in [2.24, 2.45) is 11.7 Å². The van der Waals surface area contributed by atoms with E-state index in [1.54, 1.807) is 0 Å². The lowest BCUT2D eigenvalue weighted by Gasteiger charge is -2.17. The van der Waals surface area contributed by atoms with Crippen LogP contribution >= 0.6 is 12.4 Å². The minimum absolute atomic E-state index is 0.